The molecule has 7 heteroatoms. The average molecular weight is 368 g/mol. The van der Waals surface area contributed by atoms with Gasteiger partial charge in [0.15, 0.2) is 5.69 Å². The standard InChI is InChI=1S/C20H24N4O3/c1-15-10-17(22-27-15)19(26)23-9-3-6-20(13-23)7-5-18(25)24(14-20)12-16-4-2-8-21-11-16/h2,4,8,10-11H,3,5-7,9,12-14H2,1H3/t20-/m1/s1. The van der Waals surface area contributed by atoms with Crippen LogP contribution in [0, 0.1) is 12.3 Å². The summed E-state index contributed by atoms with van der Waals surface area (Å²) in [6.45, 7) is 4.43. The van der Waals surface area contributed by atoms with E-state index in [1.54, 1.807) is 25.4 Å². The molecule has 2 fully saturated rings. The van der Waals surface area contributed by atoms with Crippen LogP contribution >= 0.6 is 0 Å². The average Bonchev–Trinajstić information content (AvgIpc) is 3.12. The van der Waals surface area contributed by atoms with E-state index in [0.29, 0.717) is 37.5 Å². The topological polar surface area (TPSA) is 79.5 Å². The Kier molecular flexibility index (Phi) is 4.68. The van der Waals surface area contributed by atoms with Gasteiger partial charge in [-0.25, -0.2) is 0 Å². The van der Waals surface area contributed by atoms with Crippen molar-refractivity contribution in [2.45, 2.75) is 39.2 Å². The second-order valence-electron chi connectivity index (χ2n) is 7.76. The maximum Gasteiger partial charge on any atom is 0.276 e. The Labute approximate surface area is 158 Å². The van der Waals surface area contributed by atoms with Crippen LogP contribution in [0.15, 0.2) is 35.1 Å². The van der Waals surface area contributed by atoms with E-state index in [4.69, 9.17) is 4.52 Å². The van der Waals surface area contributed by atoms with Crippen LogP contribution in [0.4, 0.5) is 0 Å². The summed E-state index contributed by atoms with van der Waals surface area (Å²) < 4.78 is 5.05. The summed E-state index contributed by atoms with van der Waals surface area (Å²) in [6.07, 6.45) is 6.88. The van der Waals surface area contributed by atoms with Crippen molar-refractivity contribution in [3.8, 4) is 0 Å². The molecule has 2 aliphatic rings. The van der Waals surface area contributed by atoms with Crippen LogP contribution in [0.5, 0.6) is 0 Å². The first kappa shape index (κ1) is 17.7. The van der Waals surface area contributed by atoms with Gasteiger partial charge in [-0.15, -0.1) is 0 Å². The minimum Gasteiger partial charge on any atom is -0.361 e. The minimum atomic E-state index is -0.0818. The molecular formula is C20H24N4O3. The largest absolute Gasteiger partial charge is 0.361 e. The molecule has 1 spiro atoms. The molecule has 2 saturated heterocycles. The van der Waals surface area contributed by atoms with Crippen LogP contribution in [0.25, 0.3) is 0 Å². The zero-order valence-electron chi connectivity index (χ0n) is 15.6. The maximum atomic E-state index is 12.8. The molecule has 0 N–H and O–H groups in total. The zero-order chi connectivity index (χ0) is 18.9. The highest BCUT2D eigenvalue weighted by molar-refractivity contribution is 5.92. The van der Waals surface area contributed by atoms with E-state index < -0.39 is 0 Å². The summed E-state index contributed by atoms with van der Waals surface area (Å²) in [7, 11) is 0. The number of aromatic nitrogens is 2. The summed E-state index contributed by atoms with van der Waals surface area (Å²) in [6, 6.07) is 5.56. The van der Waals surface area contributed by atoms with E-state index in [-0.39, 0.29) is 17.2 Å². The first-order valence-electron chi connectivity index (χ1n) is 9.44. The van der Waals surface area contributed by atoms with Gasteiger partial charge in [-0.3, -0.25) is 14.6 Å². The summed E-state index contributed by atoms with van der Waals surface area (Å²) in [4.78, 5) is 33.2. The molecule has 0 saturated carbocycles. The fourth-order valence-corrected chi connectivity index (χ4v) is 4.30. The van der Waals surface area contributed by atoms with Crippen molar-refractivity contribution in [1.29, 1.82) is 0 Å². The maximum absolute atomic E-state index is 12.8. The number of carbonyl (C=O) groups excluding carboxylic acids is 2. The number of hydrogen-bond acceptors (Lipinski definition) is 5. The van der Waals surface area contributed by atoms with Crippen molar-refractivity contribution in [3.63, 3.8) is 0 Å². The molecule has 2 amide bonds. The van der Waals surface area contributed by atoms with Crippen molar-refractivity contribution in [1.82, 2.24) is 19.9 Å². The van der Waals surface area contributed by atoms with Gasteiger partial charge in [0.1, 0.15) is 5.76 Å². The fraction of sp³-hybridized carbons (Fsp3) is 0.500. The van der Waals surface area contributed by atoms with Crippen LogP contribution in [-0.2, 0) is 11.3 Å². The molecule has 0 bridgehead atoms. The smallest absolute Gasteiger partial charge is 0.276 e. The Bertz CT molecular complexity index is 835. The highest BCUT2D eigenvalue weighted by Gasteiger charge is 2.43. The lowest BCUT2D eigenvalue weighted by Crippen LogP contribution is -2.54. The molecule has 4 rings (SSSR count). The predicted octanol–water partition coefficient (Wildman–Crippen LogP) is 2.42. The number of hydrogen-bond donors (Lipinski definition) is 0. The van der Waals surface area contributed by atoms with Gasteiger partial charge in [0.25, 0.3) is 5.91 Å². The van der Waals surface area contributed by atoms with Gasteiger partial charge < -0.3 is 14.3 Å². The van der Waals surface area contributed by atoms with Crippen molar-refractivity contribution in [2.24, 2.45) is 5.41 Å². The first-order chi connectivity index (χ1) is 13.0. The molecule has 142 valence electrons. The molecule has 0 unspecified atom stereocenters. The molecule has 1 atom stereocenters. The fourth-order valence-electron chi connectivity index (χ4n) is 4.30. The lowest BCUT2D eigenvalue weighted by atomic mass is 9.73. The third kappa shape index (κ3) is 3.72. The normalized spacial score (nSPS) is 23.1. The number of piperidine rings is 2. The van der Waals surface area contributed by atoms with E-state index >= 15 is 0 Å². The number of amides is 2. The number of rotatable bonds is 3. The highest BCUT2D eigenvalue weighted by Crippen LogP contribution is 2.39. The van der Waals surface area contributed by atoms with Crippen molar-refractivity contribution in [3.05, 3.63) is 47.6 Å². The minimum absolute atomic E-state index is 0.0389. The van der Waals surface area contributed by atoms with Crippen LogP contribution in [-0.4, -0.2) is 51.4 Å². The number of carbonyl (C=O) groups is 2. The van der Waals surface area contributed by atoms with Crippen LogP contribution in [0.1, 0.15) is 47.5 Å². The summed E-state index contributed by atoms with van der Waals surface area (Å²) in [5.74, 6) is 0.734. The van der Waals surface area contributed by atoms with Gasteiger partial charge in [0, 0.05) is 56.5 Å². The zero-order valence-corrected chi connectivity index (χ0v) is 15.6. The summed E-state index contributed by atoms with van der Waals surface area (Å²) in [5.41, 5.74) is 1.36. The van der Waals surface area contributed by atoms with E-state index in [1.165, 1.54) is 0 Å². The first-order valence-corrected chi connectivity index (χ1v) is 9.44. The van der Waals surface area contributed by atoms with E-state index in [9.17, 15) is 9.59 Å². The Morgan fingerprint density at radius 3 is 2.96 bits per heavy atom. The van der Waals surface area contributed by atoms with Crippen molar-refractivity contribution < 1.29 is 14.1 Å². The Balaban J connectivity index is 1.48. The molecule has 4 heterocycles. The Morgan fingerprint density at radius 2 is 2.22 bits per heavy atom. The molecule has 2 aromatic heterocycles. The molecule has 2 aliphatic heterocycles. The monoisotopic (exact) mass is 368 g/mol. The van der Waals surface area contributed by atoms with Gasteiger partial charge in [-0.05, 0) is 37.8 Å². The van der Waals surface area contributed by atoms with Gasteiger partial charge in [-0.2, -0.15) is 0 Å². The number of pyridine rings is 1. The third-order valence-corrected chi connectivity index (χ3v) is 5.64. The molecule has 0 radical (unpaired) electrons. The van der Waals surface area contributed by atoms with Crippen molar-refractivity contribution >= 4 is 11.8 Å². The molecule has 0 aliphatic carbocycles. The Morgan fingerprint density at radius 1 is 1.33 bits per heavy atom. The lowest BCUT2D eigenvalue weighted by molar-refractivity contribution is -0.139. The number of nitrogens with zero attached hydrogens (tertiary/aromatic N) is 4. The molecular weight excluding hydrogens is 344 g/mol. The van der Waals surface area contributed by atoms with E-state index in [0.717, 1.165) is 31.4 Å². The van der Waals surface area contributed by atoms with E-state index in [2.05, 4.69) is 10.1 Å². The van der Waals surface area contributed by atoms with Crippen LogP contribution in [0.3, 0.4) is 0 Å². The third-order valence-electron chi connectivity index (χ3n) is 5.64. The number of likely N-dealkylation sites (tertiary alicyclic amines) is 2. The molecule has 7 nitrogen and oxygen atoms in total. The SMILES string of the molecule is Cc1cc(C(=O)N2CCC[C@@]3(CCC(=O)N(Cc4cccnc4)C3)C2)no1. The molecule has 2 aromatic rings. The second-order valence-corrected chi connectivity index (χ2v) is 7.76. The number of aryl methyl sites for hydroxylation is 1. The van der Waals surface area contributed by atoms with Gasteiger partial charge in [0.05, 0.1) is 0 Å². The van der Waals surface area contributed by atoms with Crippen molar-refractivity contribution in [2.75, 3.05) is 19.6 Å². The van der Waals surface area contributed by atoms with Gasteiger partial charge >= 0.3 is 0 Å². The van der Waals surface area contributed by atoms with E-state index in [1.807, 2.05) is 21.9 Å². The quantitative estimate of drug-likeness (QED) is 0.831. The summed E-state index contributed by atoms with van der Waals surface area (Å²) >= 11 is 0. The molecule has 0 aromatic carbocycles. The van der Waals surface area contributed by atoms with Crippen LogP contribution < -0.4 is 0 Å². The lowest BCUT2D eigenvalue weighted by Gasteiger charge is -2.48. The summed E-state index contributed by atoms with van der Waals surface area (Å²) in [5, 5.41) is 3.87. The highest BCUT2D eigenvalue weighted by atomic mass is 16.5. The predicted molar refractivity (Wildman–Crippen MR) is 97.7 cm³/mol. The van der Waals surface area contributed by atoms with Gasteiger partial charge in [-0.1, -0.05) is 11.2 Å². The van der Waals surface area contributed by atoms with Gasteiger partial charge in [0.2, 0.25) is 5.91 Å². The van der Waals surface area contributed by atoms with Crippen LogP contribution in [0.2, 0.25) is 0 Å². The molecule has 27 heavy (non-hydrogen) atoms. The Hall–Kier alpha value is -2.70. The second kappa shape index (κ2) is 7.13.